The van der Waals surface area contributed by atoms with Crippen LogP contribution in [0.2, 0.25) is 0 Å². The third-order valence-corrected chi connectivity index (χ3v) is 7.34. The molecule has 2 nitrogen and oxygen atoms in total. The number of hydrogen-bond donors (Lipinski definition) is 0. The zero-order chi connectivity index (χ0) is 12.3. The van der Waals surface area contributed by atoms with Gasteiger partial charge in [-0.15, -0.1) is 0 Å². The predicted molar refractivity (Wildman–Crippen MR) is 60.8 cm³/mol. The molecule has 0 amide bonds. The molecule has 0 aromatic carbocycles. The topological polar surface area (TPSA) is 34.1 Å². The molecule has 16 heavy (non-hydrogen) atoms. The molecule has 0 N–H and O–H groups in total. The Bertz CT molecular complexity index is 376. The summed E-state index contributed by atoms with van der Waals surface area (Å²) >= 11 is 0. The van der Waals surface area contributed by atoms with Crippen molar-refractivity contribution >= 4 is 11.6 Å². The normalized spacial score (nSPS) is 67.4. The zero-order valence-electron chi connectivity index (χ0n) is 11.0. The minimum Gasteiger partial charge on any atom is -0.298 e. The second-order valence-corrected chi connectivity index (χ2v) is 6.91. The Balaban J connectivity index is 2.22. The molecule has 3 aliphatic rings. The fraction of sp³-hybridized carbons (Fsp3) is 0.857. The van der Waals surface area contributed by atoms with E-state index in [9.17, 15) is 9.59 Å². The quantitative estimate of drug-likeness (QED) is 0.628. The summed E-state index contributed by atoms with van der Waals surface area (Å²) in [7, 11) is 0. The third kappa shape index (κ3) is 0.540. The predicted octanol–water partition coefficient (Wildman–Crippen LogP) is 2.46. The Hall–Kier alpha value is -0.660. The number of fused-ring (bicyclic) bond motifs is 2. The highest BCUT2D eigenvalue weighted by molar-refractivity contribution is 6.16. The maximum atomic E-state index is 12.7. The summed E-state index contributed by atoms with van der Waals surface area (Å²) in [5, 5.41) is 0. The fourth-order valence-corrected chi connectivity index (χ4v) is 4.92. The second-order valence-electron chi connectivity index (χ2n) is 6.91. The molecule has 0 saturated heterocycles. The lowest BCUT2D eigenvalue weighted by molar-refractivity contribution is -0.144. The van der Waals surface area contributed by atoms with Crippen molar-refractivity contribution < 1.29 is 9.59 Å². The molecule has 0 aromatic heterocycles. The molecular weight excluding hydrogens is 200 g/mol. The molecular formula is C14H20O2. The van der Waals surface area contributed by atoms with E-state index in [0.29, 0.717) is 11.6 Å². The zero-order valence-corrected chi connectivity index (χ0v) is 11.0. The molecule has 2 heteroatoms. The van der Waals surface area contributed by atoms with Gasteiger partial charge in [0.15, 0.2) is 0 Å². The van der Waals surface area contributed by atoms with Gasteiger partial charge in [0.05, 0.1) is 0 Å². The average molecular weight is 220 g/mol. The Morgan fingerprint density at radius 1 is 0.688 bits per heavy atom. The van der Waals surface area contributed by atoms with Crippen LogP contribution < -0.4 is 0 Å². The van der Waals surface area contributed by atoms with Crippen molar-refractivity contribution in [3.8, 4) is 0 Å². The number of carbonyl (C=O) groups excluding carboxylic acids is 2. The van der Waals surface area contributed by atoms with Gasteiger partial charge in [-0.2, -0.15) is 0 Å². The minimum absolute atomic E-state index is 0.216. The first-order valence-electron chi connectivity index (χ1n) is 6.22. The van der Waals surface area contributed by atoms with Crippen LogP contribution in [-0.4, -0.2) is 11.6 Å². The summed E-state index contributed by atoms with van der Waals surface area (Å²) < 4.78 is 0. The van der Waals surface area contributed by atoms with E-state index in [1.54, 1.807) is 0 Å². The molecule has 0 aromatic rings. The Kier molecular flexibility index (Phi) is 1.34. The van der Waals surface area contributed by atoms with Gasteiger partial charge in [-0.1, -0.05) is 41.5 Å². The van der Waals surface area contributed by atoms with Gasteiger partial charge in [-0.05, 0) is 11.8 Å². The highest BCUT2D eigenvalue weighted by Gasteiger charge is 2.92. The van der Waals surface area contributed by atoms with Gasteiger partial charge in [0, 0.05) is 21.7 Å². The number of Topliss-reactive ketones (excluding diaryl/α,β-unsaturated/α-hetero) is 2. The van der Waals surface area contributed by atoms with Crippen LogP contribution in [0.3, 0.4) is 0 Å². The van der Waals surface area contributed by atoms with Crippen LogP contribution in [0, 0.1) is 33.5 Å². The van der Waals surface area contributed by atoms with E-state index in [0.717, 1.165) is 0 Å². The van der Waals surface area contributed by atoms with Crippen LogP contribution in [0.15, 0.2) is 0 Å². The van der Waals surface area contributed by atoms with Crippen molar-refractivity contribution in [1.82, 2.24) is 0 Å². The molecule has 0 radical (unpaired) electrons. The van der Waals surface area contributed by atoms with E-state index in [1.165, 1.54) is 0 Å². The third-order valence-electron chi connectivity index (χ3n) is 7.34. The van der Waals surface area contributed by atoms with E-state index in [-0.39, 0.29) is 33.5 Å². The van der Waals surface area contributed by atoms with Crippen LogP contribution in [-0.2, 0) is 9.59 Å². The molecule has 4 unspecified atom stereocenters. The van der Waals surface area contributed by atoms with E-state index < -0.39 is 0 Å². The van der Waals surface area contributed by atoms with Gasteiger partial charge >= 0.3 is 0 Å². The number of carbonyl (C=O) groups is 2. The molecule has 0 heterocycles. The first kappa shape index (κ1) is 10.5. The van der Waals surface area contributed by atoms with Crippen molar-refractivity contribution in [2.45, 2.75) is 41.5 Å². The van der Waals surface area contributed by atoms with Crippen molar-refractivity contribution in [1.29, 1.82) is 0 Å². The molecule has 3 saturated carbocycles. The summed E-state index contributed by atoms with van der Waals surface area (Å²) in [6, 6.07) is 0. The van der Waals surface area contributed by atoms with Crippen molar-refractivity contribution in [2.24, 2.45) is 33.5 Å². The molecule has 4 atom stereocenters. The maximum Gasteiger partial charge on any atom is 0.147 e. The van der Waals surface area contributed by atoms with Crippen molar-refractivity contribution in [3.63, 3.8) is 0 Å². The lowest BCUT2D eigenvalue weighted by Gasteiger charge is -2.31. The van der Waals surface area contributed by atoms with Crippen LogP contribution in [0.5, 0.6) is 0 Å². The molecule has 3 fully saturated rings. The Labute approximate surface area is 96.8 Å². The Morgan fingerprint density at radius 3 is 1.06 bits per heavy atom. The van der Waals surface area contributed by atoms with E-state index in [2.05, 4.69) is 13.8 Å². The van der Waals surface area contributed by atoms with Gasteiger partial charge in [-0.25, -0.2) is 0 Å². The molecule has 0 spiro atoms. The van der Waals surface area contributed by atoms with E-state index >= 15 is 0 Å². The fourth-order valence-electron chi connectivity index (χ4n) is 4.92. The summed E-state index contributed by atoms with van der Waals surface area (Å²) in [5.41, 5.74) is -1.54. The Morgan fingerprint density at radius 2 is 0.875 bits per heavy atom. The van der Waals surface area contributed by atoms with Crippen molar-refractivity contribution in [3.05, 3.63) is 0 Å². The van der Waals surface area contributed by atoms with E-state index in [4.69, 9.17) is 0 Å². The van der Waals surface area contributed by atoms with Gasteiger partial charge in [0.1, 0.15) is 11.6 Å². The minimum atomic E-state index is -0.386. The van der Waals surface area contributed by atoms with Gasteiger partial charge in [0.25, 0.3) is 0 Å². The number of hydrogen-bond acceptors (Lipinski definition) is 2. The SMILES string of the molecule is CC1C2(C)C(=O)C3(C)C(C)C3(C)C(=O)C12C. The number of rotatable bonds is 0. The highest BCUT2D eigenvalue weighted by atomic mass is 16.2. The van der Waals surface area contributed by atoms with Crippen LogP contribution in [0.1, 0.15) is 41.5 Å². The average Bonchev–Trinajstić information content (AvgIpc) is 2.90. The molecule has 3 rings (SSSR count). The maximum absolute atomic E-state index is 12.7. The van der Waals surface area contributed by atoms with Gasteiger partial charge in [0.2, 0.25) is 0 Å². The number of ketones is 2. The molecule has 0 bridgehead atoms. The molecule has 88 valence electrons. The summed E-state index contributed by atoms with van der Waals surface area (Å²) in [6.07, 6.45) is 0. The standard InChI is InChI=1S/C14H20O2/c1-7-11(3)9(15)13(5)8(2)14(13,6)10(16)12(7,11)4/h7-8H,1-6H3. The van der Waals surface area contributed by atoms with Crippen molar-refractivity contribution in [2.75, 3.05) is 0 Å². The summed E-state index contributed by atoms with van der Waals surface area (Å²) in [6.45, 7) is 12.1. The summed E-state index contributed by atoms with van der Waals surface area (Å²) in [5.74, 6) is 1.11. The van der Waals surface area contributed by atoms with Crippen LogP contribution >= 0.6 is 0 Å². The lowest BCUT2D eigenvalue weighted by atomic mass is 9.69. The van der Waals surface area contributed by atoms with E-state index in [1.807, 2.05) is 27.7 Å². The second kappa shape index (κ2) is 2.04. The van der Waals surface area contributed by atoms with Crippen LogP contribution in [0.25, 0.3) is 0 Å². The first-order chi connectivity index (χ1) is 7.12. The highest BCUT2D eigenvalue weighted by Crippen LogP contribution is 2.86. The largest absolute Gasteiger partial charge is 0.298 e. The van der Waals surface area contributed by atoms with Crippen LogP contribution in [0.4, 0.5) is 0 Å². The lowest BCUT2D eigenvalue weighted by Crippen LogP contribution is -2.42. The van der Waals surface area contributed by atoms with Gasteiger partial charge < -0.3 is 0 Å². The first-order valence-corrected chi connectivity index (χ1v) is 6.22. The smallest absolute Gasteiger partial charge is 0.147 e. The monoisotopic (exact) mass is 220 g/mol. The van der Waals surface area contributed by atoms with Gasteiger partial charge in [-0.3, -0.25) is 9.59 Å². The summed E-state index contributed by atoms with van der Waals surface area (Å²) in [4.78, 5) is 25.4. The molecule has 3 aliphatic carbocycles. The molecule has 0 aliphatic heterocycles.